The molecule has 2 aromatic rings. The quantitative estimate of drug-likeness (QED) is 0.730. The molecule has 1 aromatic carbocycles. The lowest BCUT2D eigenvalue weighted by Crippen LogP contribution is -2.02. The van der Waals surface area contributed by atoms with Gasteiger partial charge in [0.05, 0.1) is 11.2 Å². The Labute approximate surface area is 88.3 Å². The molecule has 0 aliphatic heterocycles. The molecule has 1 aliphatic rings. The van der Waals surface area contributed by atoms with Gasteiger partial charge in [0.1, 0.15) is 0 Å². The standard InChI is InChI=1S/C12H13N3/c13-10-3-1-2-9-11(15-8-4-5-8)6-7-14-12(9)10/h1-3,6-8H,4-5,13H2,(H,14,15). The highest BCUT2D eigenvalue weighted by Gasteiger charge is 2.21. The van der Waals surface area contributed by atoms with Gasteiger partial charge in [0.25, 0.3) is 0 Å². The maximum Gasteiger partial charge on any atom is 0.0951 e. The molecule has 0 atom stereocenters. The second kappa shape index (κ2) is 3.12. The van der Waals surface area contributed by atoms with Crippen molar-refractivity contribution in [3.63, 3.8) is 0 Å². The van der Waals surface area contributed by atoms with Crippen LogP contribution < -0.4 is 11.1 Å². The smallest absolute Gasteiger partial charge is 0.0951 e. The second-order valence-electron chi connectivity index (χ2n) is 4.02. The van der Waals surface area contributed by atoms with E-state index >= 15 is 0 Å². The molecule has 3 N–H and O–H groups in total. The Morgan fingerprint density at radius 1 is 1.27 bits per heavy atom. The van der Waals surface area contributed by atoms with Crippen LogP contribution >= 0.6 is 0 Å². The largest absolute Gasteiger partial charge is 0.397 e. The number of para-hydroxylation sites is 1. The van der Waals surface area contributed by atoms with Gasteiger partial charge in [0, 0.05) is 23.3 Å². The first-order valence-corrected chi connectivity index (χ1v) is 5.24. The maximum atomic E-state index is 5.88. The van der Waals surface area contributed by atoms with E-state index in [1.54, 1.807) is 0 Å². The topological polar surface area (TPSA) is 50.9 Å². The number of fused-ring (bicyclic) bond motifs is 1. The normalized spacial score (nSPS) is 15.5. The Morgan fingerprint density at radius 3 is 2.93 bits per heavy atom. The molecule has 0 unspecified atom stereocenters. The van der Waals surface area contributed by atoms with Gasteiger partial charge in [-0.05, 0) is 25.0 Å². The lowest BCUT2D eigenvalue weighted by molar-refractivity contribution is 1.16. The highest BCUT2D eigenvalue weighted by Crippen LogP contribution is 2.30. The number of pyridine rings is 1. The minimum Gasteiger partial charge on any atom is -0.397 e. The summed E-state index contributed by atoms with van der Waals surface area (Å²) in [7, 11) is 0. The van der Waals surface area contributed by atoms with E-state index in [1.807, 2.05) is 24.4 Å². The summed E-state index contributed by atoms with van der Waals surface area (Å²) in [6.45, 7) is 0. The van der Waals surface area contributed by atoms with E-state index in [0.717, 1.165) is 22.3 Å². The molecule has 0 radical (unpaired) electrons. The van der Waals surface area contributed by atoms with Gasteiger partial charge in [-0.15, -0.1) is 0 Å². The van der Waals surface area contributed by atoms with Gasteiger partial charge in [-0.3, -0.25) is 4.98 Å². The Morgan fingerprint density at radius 2 is 2.13 bits per heavy atom. The summed E-state index contributed by atoms with van der Waals surface area (Å²) in [6, 6.07) is 8.58. The minimum absolute atomic E-state index is 0.650. The summed E-state index contributed by atoms with van der Waals surface area (Å²) < 4.78 is 0. The molecule has 0 bridgehead atoms. The van der Waals surface area contributed by atoms with Crippen LogP contribution in [0.15, 0.2) is 30.5 Å². The third-order valence-corrected chi connectivity index (χ3v) is 2.74. The predicted molar refractivity (Wildman–Crippen MR) is 62.8 cm³/mol. The van der Waals surface area contributed by atoms with Gasteiger partial charge in [-0.2, -0.15) is 0 Å². The van der Waals surface area contributed by atoms with Gasteiger partial charge in [-0.1, -0.05) is 12.1 Å². The molecule has 0 saturated heterocycles. The van der Waals surface area contributed by atoms with E-state index in [-0.39, 0.29) is 0 Å². The molecule has 3 nitrogen and oxygen atoms in total. The summed E-state index contributed by atoms with van der Waals surface area (Å²) in [4.78, 5) is 4.30. The monoisotopic (exact) mass is 199 g/mol. The van der Waals surface area contributed by atoms with Crippen molar-refractivity contribution >= 4 is 22.3 Å². The number of aromatic nitrogens is 1. The van der Waals surface area contributed by atoms with Gasteiger partial charge in [0.15, 0.2) is 0 Å². The molecule has 76 valence electrons. The Bertz CT molecular complexity index is 503. The Kier molecular flexibility index (Phi) is 1.78. The molecule has 0 spiro atoms. The molecule has 15 heavy (non-hydrogen) atoms. The van der Waals surface area contributed by atoms with E-state index in [4.69, 9.17) is 5.73 Å². The summed E-state index contributed by atoms with van der Waals surface area (Å²) in [5.74, 6) is 0. The SMILES string of the molecule is Nc1cccc2c(NC3CC3)ccnc12. The van der Waals surface area contributed by atoms with Crippen LogP contribution in [0.3, 0.4) is 0 Å². The van der Waals surface area contributed by atoms with E-state index < -0.39 is 0 Å². The van der Waals surface area contributed by atoms with Gasteiger partial charge >= 0.3 is 0 Å². The third-order valence-electron chi connectivity index (χ3n) is 2.74. The molecule has 3 rings (SSSR count). The Hall–Kier alpha value is -1.77. The number of benzene rings is 1. The van der Waals surface area contributed by atoms with E-state index in [0.29, 0.717) is 6.04 Å². The van der Waals surface area contributed by atoms with Crippen molar-refractivity contribution in [1.29, 1.82) is 0 Å². The van der Waals surface area contributed by atoms with Crippen LogP contribution in [-0.2, 0) is 0 Å². The maximum absolute atomic E-state index is 5.88. The average molecular weight is 199 g/mol. The highest BCUT2D eigenvalue weighted by molar-refractivity contribution is 5.97. The van der Waals surface area contributed by atoms with Crippen molar-refractivity contribution in [3.05, 3.63) is 30.5 Å². The van der Waals surface area contributed by atoms with Gasteiger partial charge < -0.3 is 11.1 Å². The lowest BCUT2D eigenvalue weighted by atomic mass is 10.1. The van der Waals surface area contributed by atoms with Crippen molar-refractivity contribution in [3.8, 4) is 0 Å². The van der Waals surface area contributed by atoms with Crippen LogP contribution in [0.2, 0.25) is 0 Å². The molecule has 1 aromatic heterocycles. The molecular formula is C12H13N3. The third kappa shape index (κ3) is 1.50. The fourth-order valence-electron chi connectivity index (χ4n) is 1.77. The van der Waals surface area contributed by atoms with Crippen molar-refractivity contribution in [1.82, 2.24) is 4.98 Å². The van der Waals surface area contributed by atoms with Crippen LogP contribution in [0.4, 0.5) is 11.4 Å². The molecule has 1 fully saturated rings. The zero-order valence-electron chi connectivity index (χ0n) is 8.40. The molecular weight excluding hydrogens is 186 g/mol. The highest BCUT2D eigenvalue weighted by atomic mass is 15.0. The number of anilines is 2. The molecule has 0 amide bonds. The van der Waals surface area contributed by atoms with E-state index in [9.17, 15) is 0 Å². The fraction of sp³-hybridized carbons (Fsp3) is 0.250. The first kappa shape index (κ1) is 8.53. The molecule has 3 heteroatoms. The number of nitrogen functional groups attached to an aromatic ring is 1. The summed E-state index contributed by atoms with van der Waals surface area (Å²) in [5, 5.41) is 4.61. The van der Waals surface area contributed by atoms with Crippen molar-refractivity contribution in [2.45, 2.75) is 18.9 Å². The summed E-state index contributed by atoms with van der Waals surface area (Å²) in [5.41, 5.74) is 8.66. The number of nitrogens with zero attached hydrogens (tertiary/aromatic N) is 1. The van der Waals surface area contributed by atoms with E-state index in [1.165, 1.54) is 12.8 Å². The van der Waals surface area contributed by atoms with Crippen molar-refractivity contribution in [2.75, 3.05) is 11.1 Å². The molecule has 1 heterocycles. The predicted octanol–water partition coefficient (Wildman–Crippen LogP) is 2.39. The first-order chi connectivity index (χ1) is 7.34. The number of hydrogen-bond donors (Lipinski definition) is 2. The van der Waals surface area contributed by atoms with Crippen molar-refractivity contribution < 1.29 is 0 Å². The summed E-state index contributed by atoms with van der Waals surface area (Å²) in [6.07, 6.45) is 4.35. The minimum atomic E-state index is 0.650. The number of nitrogens with two attached hydrogens (primary N) is 1. The van der Waals surface area contributed by atoms with Crippen LogP contribution in [0.25, 0.3) is 10.9 Å². The van der Waals surface area contributed by atoms with Gasteiger partial charge in [-0.25, -0.2) is 0 Å². The average Bonchev–Trinajstić information content (AvgIpc) is 3.04. The van der Waals surface area contributed by atoms with Crippen LogP contribution in [0.1, 0.15) is 12.8 Å². The van der Waals surface area contributed by atoms with Crippen LogP contribution in [0.5, 0.6) is 0 Å². The first-order valence-electron chi connectivity index (χ1n) is 5.24. The molecule has 1 aliphatic carbocycles. The van der Waals surface area contributed by atoms with Crippen LogP contribution in [-0.4, -0.2) is 11.0 Å². The number of rotatable bonds is 2. The van der Waals surface area contributed by atoms with E-state index in [2.05, 4.69) is 16.4 Å². The fourth-order valence-corrected chi connectivity index (χ4v) is 1.77. The number of nitrogens with one attached hydrogen (secondary N) is 1. The lowest BCUT2D eigenvalue weighted by Gasteiger charge is -2.08. The zero-order valence-corrected chi connectivity index (χ0v) is 8.40. The zero-order chi connectivity index (χ0) is 10.3. The van der Waals surface area contributed by atoms with Crippen LogP contribution in [0, 0.1) is 0 Å². The van der Waals surface area contributed by atoms with Gasteiger partial charge in [0.2, 0.25) is 0 Å². The van der Waals surface area contributed by atoms with Crippen molar-refractivity contribution in [2.24, 2.45) is 0 Å². The Balaban J connectivity index is 2.16. The number of hydrogen-bond acceptors (Lipinski definition) is 3. The second-order valence-corrected chi connectivity index (χ2v) is 4.02. The summed E-state index contributed by atoms with van der Waals surface area (Å²) >= 11 is 0. The molecule has 1 saturated carbocycles.